The Balaban J connectivity index is 2.50. The maximum atomic E-state index is 11.6. The fraction of sp³-hybridized carbons (Fsp3) is 0.286. The highest BCUT2D eigenvalue weighted by molar-refractivity contribution is 5.70. The first-order valence-corrected chi connectivity index (χ1v) is 3.26. The third-order valence-corrected chi connectivity index (χ3v) is 1.10. The Labute approximate surface area is 71.1 Å². The van der Waals surface area contributed by atoms with Gasteiger partial charge in [-0.05, 0) is 6.07 Å². The molecule has 1 rings (SSSR count). The molecule has 0 aliphatic rings. The zero-order valence-electron chi connectivity index (χ0n) is 6.30. The standard InChI is InChI=1S/C7H5F3O3/c8-7(9,10)4-12-6-2-1-5(3-11)13-6/h1-3H,4H2. The van der Waals surface area contributed by atoms with Crippen molar-refractivity contribution in [2.75, 3.05) is 6.61 Å². The third-order valence-electron chi connectivity index (χ3n) is 1.10. The van der Waals surface area contributed by atoms with Gasteiger partial charge in [0.1, 0.15) is 0 Å². The largest absolute Gasteiger partial charge is 0.455 e. The Bertz CT molecular complexity index is 289. The fourth-order valence-corrected chi connectivity index (χ4v) is 0.628. The van der Waals surface area contributed by atoms with E-state index in [9.17, 15) is 18.0 Å². The predicted octanol–water partition coefficient (Wildman–Crippen LogP) is 2.03. The first-order chi connectivity index (χ1) is 6.01. The van der Waals surface area contributed by atoms with Crippen LogP contribution in [-0.4, -0.2) is 19.1 Å². The summed E-state index contributed by atoms with van der Waals surface area (Å²) in [5.74, 6) is -0.392. The van der Waals surface area contributed by atoms with Gasteiger partial charge in [0.25, 0.3) is 5.95 Å². The lowest BCUT2D eigenvalue weighted by Gasteiger charge is -2.05. The molecule has 0 aliphatic carbocycles. The number of hydrogen-bond acceptors (Lipinski definition) is 3. The van der Waals surface area contributed by atoms with Crippen LogP contribution in [0.5, 0.6) is 5.95 Å². The molecule has 0 spiro atoms. The van der Waals surface area contributed by atoms with Gasteiger partial charge in [-0.2, -0.15) is 13.2 Å². The summed E-state index contributed by atoms with van der Waals surface area (Å²) in [6.45, 7) is -1.43. The summed E-state index contributed by atoms with van der Waals surface area (Å²) in [4.78, 5) is 10.0. The van der Waals surface area contributed by atoms with Crippen LogP contribution in [0, 0.1) is 0 Å². The third kappa shape index (κ3) is 3.18. The highest BCUT2D eigenvalue weighted by atomic mass is 19.4. The Kier molecular flexibility index (Phi) is 2.60. The maximum absolute atomic E-state index is 11.6. The number of ether oxygens (including phenoxy) is 1. The van der Waals surface area contributed by atoms with Crippen LogP contribution in [0.4, 0.5) is 13.2 Å². The molecule has 0 atom stereocenters. The van der Waals surface area contributed by atoms with E-state index < -0.39 is 12.8 Å². The molecule has 1 heterocycles. The van der Waals surface area contributed by atoms with Gasteiger partial charge in [0.15, 0.2) is 18.7 Å². The molecule has 6 heteroatoms. The summed E-state index contributed by atoms with van der Waals surface area (Å²) in [6, 6.07) is 2.37. The van der Waals surface area contributed by atoms with Crippen molar-refractivity contribution in [3.8, 4) is 5.95 Å². The van der Waals surface area contributed by atoms with E-state index in [0.29, 0.717) is 6.29 Å². The molecule has 0 saturated heterocycles. The molecule has 72 valence electrons. The molecule has 0 aromatic carbocycles. The van der Waals surface area contributed by atoms with Gasteiger partial charge in [0.05, 0.1) is 0 Å². The van der Waals surface area contributed by atoms with E-state index in [0.717, 1.165) is 6.07 Å². The van der Waals surface area contributed by atoms with Gasteiger partial charge in [-0.15, -0.1) is 0 Å². The summed E-state index contributed by atoms with van der Waals surface area (Å²) in [5.41, 5.74) is 0. The van der Waals surface area contributed by atoms with Gasteiger partial charge in [0.2, 0.25) is 0 Å². The summed E-state index contributed by atoms with van der Waals surface area (Å²) < 4.78 is 43.5. The first kappa shape index (κ1) is 9.63. The molecule has 0 saturated carbocycles. The van der Waals surface area contributed by atoms with Crippen LogP contribution in [0.1, 0.15) is 10.6 Å². The number of alkyl halides is 3. The van der Waals surface area contributed by atoms with Crippen molar-refractivity contribution in [1.29, 1.82) is 0 Å². The molecule has 1 aromatic heterocycles. The zero-order valence-corrected chi connectivity index (χ0v) is 6.30. The molecular weight excluding hydrogens is 189 g/mol. The number of rotatable bonds is 3. The summed E-state index contributed by atoms with van der Waals surface area (Å²) in [5, 5.41) is 0. The van der Waals surface area contributed by atoms with E-state index in [1.807, 2.05) is 0 Å². The molecule has 0 amide bonds. The lowest BCUT2D eigenvalue weighted by Crippen LogP contribution is -2.18. The van der Waals surface area contributed by atoms with Gasteiger partial charge >= 0.3 is 6.18 Å². The highest BCUT2D eigenvalue weighted by Gasteiger charge is 2.28. The van der Waals surface area contributed by atoms with Crippen molar-refractivity contribution in [2.24, 2.45) is 0 Å². The monoisotopic (exact) mass is 194 g/mol. The van der Waals surface area contributed by atoms with Crippen LogP contribution >= 0.6 is 0 Å². The van der Waals surface area contributed by atoms with Crippen molar-refractivity contribution < 1.29 is 27.1 Å². The minimum Gasteiger partial charge on any atom is -0.455 e. The lowest BCUT2D eigenvalue weighted by molar-refractivity contribution is -0.156. The Morgan fingerprint density at radius 3 is 2.62 bits per heavy atom. The van der Waals surface area contributed by atoms with E-state index >= 15 is 0 Å². The number of hydrogen-bond donors (Lipinski definition) is 0. The van der Waals surface area contributed by atoms with Crippen LogP contribution in [0.3, 0.4) is 0 Å². The number of aldehydes is 1. The quantitative estimate of drug-likeness (QED) is 0.691. The molecule has 0 fully saturated rings. The van der Waals surface area contributed by atoms with Crippen molar-refractivity contribution >= 4 is 6.29 Å². The SMILES string of the molecule is O=Cc1ccc(OCC(F)(F)F)o1. The van der Waals surface area contributed by atoms with Gasteiger partial charge in [-0.3, -0.25) is 4.79 Å². The summed E-state index contributed by atoms with van der Waals surface area (Å²) >= 11 is 0. The van der Waals surface area contributed by atoms with E-state index in [4.69, 9.17) is 0 Å². The molecule has 13 heavy (non-hydrogen) atoms. The molecular formula is C7H5F3O3. The maximum Gasteiger partial charge on any atom is 0.422 e. The van der Waals surface area contributed by atoms with E-state index in [1.54, 1.807) is 0 Å². The first-order valence-electron chi connectivity index (χ1n) is 3.26. The summed E-state index contributed by atoms with van der Waals surface area (Å²) in [6.07, 6.45) is -4.03. The summed E-state index contributed by atoms with van der Waals surface area (Å²) in [7, 11) is 0. The van der Waals surface area contributed by atoms with Crippen molar-refractivity contribution in [3.05, 3.63) is 17.9 Å². The van der Waals surface area contributed by atoms with E-state index in [-0.39, 0.29) is 11.7 Å². The normalized spacial score (nSPS) is 11.3. The second-order valence-electron chi connectivity index (χ2n) is 2.18. The van der Waals surface area contributed by atoms with Crippen molar-refractivity contribution in [3.63, 3.8) is 0 Å². The van der Waals surface area contributed by atoms with Gasteiger partial charge in [0, 0.05) is 6.07 Å². The van der Waals surface area contributed by atoms with Gasteiger partial charge in [-0.25, -0.2) is 0 Å². The second-order valence-corrected chi connectivity index (χ2v) is 2.18. The lowest BCUT2D eigenvalue weighted by atomic mass is 10.5. The average Bonchev–Trinajstić information content (AvgIpc) is 2.47. The topological polar surface area (TPSA) is 39.4 Å². The van der Waals surface area contributed by atoms with Crippen LogP contribution in [0.15, 0.2) is 16.5 Å². The molecule has 0 radical (unpaired) electrons. The minimum absolute atomic E-state index is 0.0721. The highest BCUT2D eigenvalue weighted by Crippen LogP contribution is 2.19. The minimum atomic E-state index is -4.41. The molecule has 0 unspecified atom stereocenters. The molecule has 1 aromatic rings. The van der Waals surface area contributed by atoms with E-state index in [2.05, 4.69) is 9.15 Å². The average molecular weight is 194 g/mol. The molecule has 0 aliphatic heterocycles. The van der Waals surface area contributed by atoms with E-state index in [1.165, 1.54) is 6.07 Å². The van der Waals surface area contributed by atoms with Crippen LogP contribution < -0.4 is 4.74 Å². The van der Waals surface area contributed by atoms with Gasteiger partial charge in [-0.1, -0.05) is 0 Å². The van der Waals surface area contributed by atoms with Crippen molar-refractivity contribution in [2.45, 2.75) is 6.18 Å². The van der Waals surface area contributed by atoms with Crippen LogP contribution in [0.25, 0.3) is 0 Å². The Morgan fingerprint density at radius 1 is 1.46 bits per heavy atom. The number of carbonyl (C=O) groups excluding carboxylic acids is 1. The number of halogens is 3. The number of carbonyl (C=O) groups is 1. The fourth-order valence-electron chi connectivity index (χ4n) is 0.628. The predicted molar refractivity (Wildman–Crippen MR) is 35.6 cm³/mol. The molecule has 0 bridgehead atoms. The van der Waals surface area contributed by atoms with Crippen molar-refractivity contribution in [1.82, 2.24) is 0 Å². The zero-order chi connectivity index (χ0) is 9.90. The molecule has 3 nitrogen and oxygen atoms in total. The Hall–Kier alpha value is -1.46. The second kappa shape index (κ2) is 3.51. The smallest absolute Gasteiger partial charge is 0.422 e. The van der Waals surface area contributed by atoms with Gasteiger partial charge < -0.3 is 9.15 Å². The number of furan rings is 1. The van der Waals surface area contributed by atoms with Crippen LogP contribution in [0.2, 0.25) is 0 Å². The molecule has 0 N–H and O–H groups in total. The Morgan fingerprint density at radius 2 is 2.15 bits per heavy atom. The van der Waals surface area contributed by atoms with Crippen LogP contribution in [-0.2, 0) is 0 Å².